The molecule has 82 valence electrons. The van der Waals surface area contributed by atoms with Crippen LogP contribution >= 0.6 is 15.9 Å². The lowest BCUT2D eigenvalue weighted by molar-refractivity contribution is -0.178. The minimum atomic E-state index is -0.270. The van der Waals surface area contributed by atoms with E-state index in [9.17, 15) is 5.26 Å². The van der Waals surface area contributed by atoms with Gasteiger partial charge in [-0.15, -0.1) is 0 Å². The molecule has 0 bridgehead atoms. The summed E-state index contributed by atoms with van der Waals surface area (Å²) in [6.07, 6.45) is 1.90. The standard InChI is InChI=1S/C13H12BrNO/c14-11-3-1-2-10(4-11)13(7-15)5-12(6-13)8-16-9-12/h1-4H,5-6,8-9H2. The van der Waals surface area contributed by atoms with Crippen LogP contribution in [0.5, 0.6) is 0 Å². The maximum absolute atomic E-state index is 9.43. The van der Waals surface area contributed by atoms with Crippen molar-refractivity contribution in [3.63, 3.8) is 0 Å². The highest BCUT2D eigenvalue weighted by Crippen LogP contribution is 2.58. The van der Waals surface area contributed by atoms with Crippen LogP contribution in [-0.4, -0.2) is 13.2 Å². The van der Waals surface area contributed by atoms with Gasteiger partial charge in [0.25, 0.3) is 0 Å². The molecule has 1 aromatic rings. The Bertz CT molecular complexity index is 465. The zero-order valence-corrected chi connectivity index (χ0v) is 10.5. The highest BCUT2D eigenvalue weighted by Gasteiger charge is 2.59. The summed E-state index contributed by atoms with van der Waals surface area (Å²) in [6.45, 7) is 1.68. The molecule has 0 radical (unpaired) electrons. The van der Waals surface area contributed by atoms with Crippen LogP contribution in [0.4, 0.5) is 0 Å². The second-order valence-electron chi connectivity index (χ2n) is 5.05. The molecule has 16 heavy (non-hydrogen) atoms. The van der Waals surface area contributed by atoms with Gasteiger partial charge in [0.05, 0.1) is 24.7 Å². The van der Waals surface area contributed by atoms with Crippen LogP contribution in [0.15, 0.2) is 28.7 Å². The SMILES string of the molecule is N#CC1(c2cccc(Br)c2)CC2(COC2)C1. The zero-order chi connectivity index (χ0) is 11.2. The summed E-state index contributed by atoms with van der Waals surface area (Å²) >= 11 is 3.46. The molecule has 1 saturated heterocycles. The van der Waals surface area contributed by atoms with Crippen molar-refractivity contribution in [2.45, 2.75) is 18.3 Å². The second-order valence-corrected chi connectivity index (χ2v) is 5.97. The van der Waals surface area contributed by atoms with Gasteiger partial charge in [-0.3, -0.25) is 0 Å². The van der Waals surface area contributed by atoms with Gasteiger partial charge in [-0.1, -0.05) is 28.1 Å². The first-order valence-corrected chi connectivity index (χ1v) is 6.23. The molecular weight excluding hydrogens is 266 g/mol. The molecule has 1 aliphatic heterocycles. The summed E-state index contributed by atoms with van der Waals surface area (Å²) in [5.74, 6) is 0. The summed E-state index contributed by atoms with van der Waals surface area (Å²) in [7, 11) is 0. The van der Waals surface area contributed by atoms with E-state index in [1.807, 2.05) is 12.1 Å². The first-order valence-electron chi connectivity index (χ1n) is 5.43. The number of nitrogens with zero attached hydrogens (tertiary/aromatic N) is 1. The summed E-state index contributed by atoms with van der Waals surface area (Å²) in [5, 5.41) is 9.43. The Balaban J connectivity index is 1.90. The van der Waals surface area contributed by atoms with E-state index in [-0.39, 0.29) is 5.41 Å². The molecule has 1 spiro atoms. The molecule has 0 amide bonds. The van der Waals surface area contributed by atoms with Gasteiger partial charge in [0, 0.05) is 9.89 Å². The van der Waals surface area contributed by atoms with Crippen LogP contribution in [0.1, 0.15) is 18.4 Å². The highest BCUT2D eigenvalue weighted by molar-refractivity contribution is 9.10. The molecule has 0 N–H and O–H groups in total. The molecule has 1 aliphatic carbocycles. The van der Waals surface area contributed by atoms with Crippen LogP contribution in [-0.2, 0) is 10.2 Å². The zero-order valence-electron chi connectivity index (χ0n) is 8.87. The van der Waals surface area contributed by atoms with Crippen molar-refractivity contribution in [2.24, 2.45) is 5.41 Å². The average Bonchev–Trinajstić information content (AvgIpc) is 2.15. The van der Waals surface area contributed by atoms with E-state index < -0.39 is 0 Å². The molecule has 1 heterocycles. The lowest BCUT2D eigenvalue weighted by atomic mass is 9.50. The minimum absolute atomic E-state index is 0.270. The summed E-state index contributed by atoms with van der Waals surface area (Å²) in [5.41, 5.74) is 1.19. The largest absolute Gasteiger partial charge is 0.380 e. The predicted octanol–water partition coefficient (Wildman–Crippen LogP) is 3.02. The number of nitriles is 1. The highest BCUT2D eigenvalue weighted by atomic mass is 79.9. The van der Waals surface area contributed by atoms with Crippen LogP contribution in [0.2, 0.25) is 0 Å². The minimum Gasteiger partial charge on any atom is -0.380 e. The molecule has 1 saturated carbocycles. The molecule has 2 nitrogen and oxygen atoms in total. The van der Waals surface area contributed by atoms with E-state index in [4.69, 9.17) is 4.74 Å². The fourth-order valence-corrected chi connectivity index (χ4v) is 3.36. The van der Waals surface area contributed by atoms with Crippen molar-refractivity contribution in [1.29, 1.82) is 5.26 Å². The van der Waals surface area contributed by atoms with E-state index in [1.165, 1.54) is 0 Å². The number of ether oxygens (including phenoxy) is 1. The monoisotopic (exact) mass is 277 g/mol. The molecule has 1 aromatic carbocycles. The van der Waals surface area contributed by atoms with Gasteiger partial charge in [0.1, 0.15) is 0 Å². The maximum atomic E-state index is 9.43. The van der Waals surface area contributed by atoms with Gasteiger partial charge in [0.2, 0.25) is 0 Å². The Kier molecular flexibility index (Phi) is 2.14. The molecule has 3 heteroatoms. The van der Waals surface area contributed by atoms with Crippen molar-refractivity contribution < 1.29 is 4.74 Å². The first kappa shape index (κ1) is 10.3. The lowest BCUT2D eigenvalue weighted by Gasteiger charge is -2.57. The number of benzene rings is 1. The van der Waals surface area contributed by atoms with Gasteiger partial charge >= 0.3 is 0 Å². The number of halogens is 1. The Morgan fingerprint density at radius 2 is 2.06 bits per heavy atom. The fraction of sp³-hybridized carbons (Fsp3) is 0.462. The number of rotatable bonds is 1. The quantitative estimate of drug-likeness (QED) is 0.791. The first-order chi connectivity index (χ1) is 7.68. The normalized spacial score (nSPS) is 24.2. The summed E-state index contributed by atoms with van der Waals surface area (Å²) in [6, 6.07) is 10.6. The maximum Gasteiger partial charge on any atom is 0.0836 e. The van der Waals surface area contributed by atoms with Crippen molar-refractivity contribution in [3.8, 4) is 6.07 Å². The lowest BCUT2D eigenvalue weighted by Crippen LogP contribution is -2.59. The van der Waals surface area contributed by atoms with Gasteiger partial charge < -0.3 is 4.74 Å². The predicted molar refractivity (Wildman–Crippen MR) is 63.9 cm³/mol. The second kappa shape index (κ2) is 3.32. The van der Waals surface area contributed by atoms with Crippen LogP contribution < -0.4 is 0 Å². The summed E-state index contributed by atoms with van der Waals surface area (Å²) in [4.78, 5) is 0. The third-order valence-corrected chi connectivity index (χ3v) is 4.25. The Hall–Kier alpha value is -0.850. The fourth-order valence-electron chi connectivity index (χ4n) is 2.96. The average molecular weight is 278 g/mol. The molecule has 0 unspecified atom stereocenters. The Morgan fingerprint density at radius 1 is 1.31 bits per heavy atom. The van der Waals surface area contributed by atoms with Gasteiger partial charge in [-0.25, -0.2) is 0 Å². The Labute approximate surface area is 103 Å². The summed E-state index contributed by atoms with van der Waals surface area (Å²) < 4.78 is 6.31. The number of hydrogen-bond donors (Lipinski definition) is 0. The van der Waals surface area contributed by atoms with E-state index in [2.05, 4.69) is 34.1 Å². The molecule has 2 aliphatic rings. The van der Waals surface area contributed by atoms with Crippen LogP contribution in [0.25, 0.3) is 0 Å². The molecule has 0 atom stereocenters. The number of hydrogen-bond acceptors (Lipinski definition) is 2. The van der Waals surface area contributed by atoms with Gasteiger partial charge in [-0.05, 0) is 30.5 Å². The third-order valence-electron chi connectivity index (χ3n) is 3.76. The van der Waals surface area contributed by atoms with E-state index in [0.29, 0.717) is 5.41 Å². The Morgan fingerprint density at radius 3 is 2.56 bits per heavy atom. The van der Waals surface area contributed by atoms with E-state index in [0.717, 1.165) is 36.1 Å². The topological polar surface area (TPSA) is 33.0 Å². The van der Waals surface area contributed by atoms with E-state index >= 15 is 0 Å². The van der Waals surface area contributed by atoms with Gasteiger partial charge in [0.15, 0.2) is 0 Å². The molecular formula is C13H12BrNO. The van der Waals surface area contributed by atoms with Crippen molar-refractivity contribution in [2.75, 3.05) is 13.2 Å². The molecule has 0 aromatic heterocycles. The van der Waals surface area contributed by atoms with E-state index in [1.54, 1.807) is 0 Å². The van der Waals surface area contributed by atoms with Gasteiger partial charge in [-0.2, -0.15) is 5.26 Å². The molecule has 2 fully saturated rings. The third kappa shape index (κ3) is 1.33. The molecule has 3 rings (SSSR count). The van der Waals surface area contributed by atoms with Crippen molar-refractivity contribution >= 4 is 15.9 Å². The smallest absolute Gasteiger partial charge is 0.0836 e. The van der Waals surface area contributed by atoms with Crippen molar-refractivity contribution in [3.05, 3.63) is 34.3 Å². The van der Waals surface area contributed by atoms with Crippen LogP contribution in [0.3, 0.4) is 0 Å². The van der Waals surface area contributed by atoms with Crippen LogP contribution in [0, 0.1) is 16.7 Å². The van der Waals surface area contributed by atoms with Crippen molar-refractivity contribution in [1.82, 2.24) is 0 Å².